The molecule has 7 nitrogen and oxygen atoms in total. The molecule has 2 heterocycles. The zero-order valence-corrected chi connectivity index (χ0v) is 22.7. The fourth-order valence-electron chi connectivity index (χ4n) is 3.59. The van der Waals surface area contributed by atoms with Crippen molar-refractivity contribution in [2.75, 3.05) is 0 Å². The van der Waals surface area contributed by atoms with E-state index in [0.29, 0.717) is 16.9 Å². The fourth-order valence-corrected chi connectivity index (χ4v) is 4.18. The van der Waals surface area contributed by atoms with Crippen molar-refractivity contribution in [3.05, 3.63) is 96.9 Å². The molecule has 2 aromatic carbocycles. The standard InChI is InChI=1S/C26H22BrClF2N4O3/c1-13-9-16(19(30)11-18(13)29)12-37-23-22(27)24(35)34(14(2)32-23)21-10-15(5-6-17(21)28)20-7-8-31-25(33-20)26(3,4)36/h5-11,36H,12H2,1-4H3. The molecule has 0 amide bonds. The molecule has 37 heavy (non-hydrogen) atoms. The molecule has 4 aromatic rings. The number of hydrogen-bond donors (Lipinski definition) is 1. The molecule has 0 fully saturated rings. The number of rotatable bonds is 6. The number of ether oxygens (including phenoxy) is 1. The van der Waals surface area contributed by atoms with Crippen LogP contribution in [0.4, 0.5) is 8.78 Å². The van der Waals surface area contributed by atoms with Crippen LogP contribution in [0.3, 0.4) is 0 Å². The summed E-state index contributed by atoms with van der Waals surface area (Å²) < 4.78 is 34.6. The van der Waals surface area contributed by atoms with Crippen molar-refractivity contribution in [2.24, 2.45) is 0 Å². The lowest BCUT2D eigenvalue weighted by molar-refractivity contribution is 0.0688. The lowest BCUT2D eigenvalue weighted by Crippen LogP contribution is -2.24. The smallest absolute Gasteiger partial charge is 0.276 e. The Morgan fingerprint density at radius 3 is 2.54 bits per heavy atom. The number of aryl methyl sites for hydroxylation is 2. The number of aromatic nitrogens is 4. The highest BCUT2D eigenvalue weighted by Crippen LogP contribution is 2.29. The molecule has 0 spiro atoms. The second-order valence-electron chi connectivity index (χ2n) is 8.89. The van der Waals surface area contributed by atoms with Crippen molar-refractivity contribution in [3.8, 4) is 22.8 Å². The lowest BCUT2D eigenvalue weighted by atomic mass is 10.1. The summed E-state index contributed by atoms with van der Waals surface area (Å²) in [4.78, 5) is 26.3. The zero-order valence-electron chi connectivity index (χ0n) is 20.3. The summed E-state index contributed by atoms with van der Waals surface area (Å²) in [7, 11) is 0. The predicted octanol–water partition coefficient (Wildman–Crippen LogP) is 5.81. The van der Waals surface area contributed by atoms with Crippen LogP contribution < -0.4 is 10.3 Å². The Labute approximate surface area is 224 Å². The Morgan fingerprint density at radius 2 is 1.84 bits per heavy atom. The first-order chi connectivity index (χ1) is 17.4. The summed E-state index contributed by atoms with van der Waals surface area (Å²) in [6.45, 7) is 6.03. The Hall–Kier alpha value is -3.21. The second kappa shape index (κ2) is 10.3. The molecule has 0 saturated carbocycles. The number of nitrogens with zero attached hydrogens (tertiary/aromatic N) is 4. The van der Waals surface area contributed by atoms with Gasteiger partial charge >= 0.3 is 0 Å². The van der Waals surface area contributed by atoms with E-state index in [1.54, 1.807) is 45.0 Å². The van der Waals surface area contributed by atoms with Gasteiger partial charge in [0.2, 0.25) is 5.88 Å². The van der Waals surface area contributed by atoms with E-state index in [0.717, 1.165) is 6.07 Å². The van der Waals surface area contributed by atoms with Gasteiger partial charge in [0, 0.05) is 23.4 Å². The third kappa shape index (κ3) is 5.56. The number of hydrogen-bond acceptors (Lipinski definition) is 6. The topological polar surface area (TPSA) is 90.1 Å². The van der Waals surface area contributed by atoms with Gasteiger partial charge in [-0.1, -0.05) is 17.7 Å². The molecule has 0 atom stereocenters. The van der Waals surface area contributed by atoms with Crippen LogP contribution in [-0.4, -0.2) is 24.6 Å². The van der Waals surface area contributed by atoms with E-state index in [9.17, 15) is 18.7 Å². The van der Waals surface area contributed by atoms with Gasteiger partial charge in [0.1, 0.15) is 34.1 Å². The minimum atomic E-state index is -1.24. The minimum absolute atomic E-state index is 0.00478. The summed E-state index contributed by atoms with van der Waals surface area (Å²) in [6.07, 6.45) is 1.54. The van der Waals surface area contributed by atoms with Crippen molar-refractivity contribution in [3.63, 3.8) is 0 Å². The van der Waals surface area contributed by atoms with Gasteiger partial charge in [-0.2, -0.15) is 4.98 Å². The van der Waals surface area contributed by atoms with Gasteiger partial charge in [0.15, 0.2) is 5.82 Å². The van der Waals surface area contributed by atoms with E-state index in [4.69, 9.17) is 16.3 Å². The highest BCUT2D eigenvalue weighted by atomic mass is 79.9. The van der Waals surface area contributed by atoms with Gasteiger partial charge < -0.3 is 9.84 Å². The van der Waals surface area contributed by atoms with Crippen molar-refractivity contribution in [1.29, 1.82) is 0 Å². The maximum Gasteiger partial charge on any atom is 0.276 e. The molecular formula is C26H22BrClF2N4O3. The first-order valence-corrected chi connectivity index (χ1v) is 12.3. The van der Waals surface area contributed by atoms with E-state index in [-0.39, 0.29) is 44.8 Å². The molecule has 0 aliphatic heterocycles. The fraction of sp³-hybridized carbons (Fsp3) is 0.231. The average molecular weight is 592 g/mol. The summed E-state index contributed by atoms with van der Waals surface area (Å²) in [5.41, 5.74) is 0.171. The predicted molar refractivity (Wildman–Crippen MR) is 139 cm³/mol. The molecule has 0 radical (unpaired) electrons. The van der Waals surface area contributed by atoms with Gasteiger partial charge in [0.25, 0.3) is 5.56 Å². The van der Waals surface area contributed by atoms with Crippen LogP contribution in [0.25, 0.3) is 16.9 Å². The quantitative estimate of drug-likeness (QED) is 0.305. The molecule has 4 rings (SSSR count). The summed E-state index contributed by atoms with van der Waals surface area (Å²) in [5.74, 6) is -0.953. The first-order valence-electron chi connectivity index (χ1n) is 11.1. The van der Waals surface area contributed by atoms with Crippen LogP contribution in [-0.2, 0) is 12.2 Å². The highest BCUT2D eigenvalue weighted by molar-refractivity contribution is 9.10. The van der Waals surface area contributed by atoms with Gasteiger partial charge in [-0.05, 0) is 73.5 Å². The average Bonchev–Trinajstić information content (AvgIpc) is 2.84. The number of aliphatic hydroxyl groups is 1. The van der Waals surface area contributed by atoms with Crippen LogP contribution >= 0.6 is 27.5 Å². The van der Waals surface area contributed by atoms with E-state index < -0.39 is 22.8 Å². The monoisotopic (exact) mass is 590 g/mol. The van der Waals surface area contributed by atoms with Crippen molar-refractivity contribution in [2.45, 2.75) is 39.9 Å². The van der Waals surface area contributed by atoms with Crippen LogP contribution in [0.15, 0.2) is 51.9 Å². The highest BCUT2D eigenvalue weighted by Gasteiger charge is 2.21. The third-order valence-corrected chi connectivity index (χ3v) is 6.54. The van der Waals surface area contributed by atoms with Gasteiger partial charge in [-0.25, -0.2) is 18.7 Å². The maximum absolute atomic E-state index is 14.1. The van der Waals surface area contributed by atoms with E-state index in [1.807, 2.05) is 0 Å². The molecule has 0 aliphatic rings. The van der Waals surface area contributed by atoms with Crippen LogP contribution in [0, 0.1) is 25.5 Å². The van der Waals surface area contributed by atoms with Gasteiger partial charge in [0.05, 0.1) is 16.4 Å². The van der Waals surface area contributed by atoms with Gasteiger partial charge in [-0.15, -0.1) is 0 Å². The molecule has 11 heteroatoms. The Bertz CT molecular complexity index is 1570. The van der Waals surface area contributed by atoms with Gasteiger partial charge in [-0.3, -0.25) is 9.36 Å². The SMILES string of the molecule is Cc1cc(COc2nc(C)n(-c3cc(-c4ccnc(C(C)(C)O)n4)ccc3Cl)c(=O)c2Br)c(F)cc1F. The minimum Gasteiger partial charge on any atom is -0.472 e. The Kier molecular flexibility index (Phi) is 7.45. The molecule has 0 saturated heterocycles. The molecule has 1 N–H and O–H groups in total. The molecule has 192 valence electrons. The van der Waals surface area contributed by atoms with Crippen molar-refractivity contribution in [1.82, 2.24) is 19.5 Å². The zero-order chi connectivity index (χ0) is 27.1. The summed E-state index contributed by atoms with van der Waals surface area (Å²) >= 11 is 9.70. The largest absolute Gasteiger partial charge is 0.472 e. The number of halogens is 4. The van der Waals surface area contributed by atoms with Crippen LogP contribution in [0.5, 0.6) is 5.88 Å². The Balaban J connectivity index is 1.72. The molecule has 0 aliphatic carbocycles. The molecule has 0 unspecified atom stereocenters. The molecular weight excluding hydrogens is 570 g/mol. The van der Waals surface area contributed by atoms with E-state index >= 15 is 0 Å². The maximum atomic E-state index is 14.1. The first kappa shape index (κ1) is 26.8. The molecule has 0 bridgehead atoms. The van der Waals surface area contributed by atoms with E-state index in [1.165, 1.54) is 23.8 Å². The Morgan fingerprint density at radius 1 is 1.11 bits per heavy atom. The normalized spacial score (nSPS) is 11.6. The third-order valence-electron chi connectivity index (χ3n) is 5.54. The lowest BCUT2D eigenvalue weighted by Gasteiger charge is -2.17. The summed E-state index contributed by atoms with van der Waals surface area (Å²) in [5, 5.41) is 10.6. The van der Waals surface area contributed by atoms with Crippen molar-refractivity contribution < 1.29 is 18.6 Å². The van der Waals surface area contributed by atoms with Crippen LogP contribution in [0.1, 0.15) is 36.6 Å². The second-order valence-corrected chi connectivity index (χ2v) is 10.1. The molecule has 2 aromatic heterocycles. The van der Waals surface area contributed by atoms with Crippen molar-refractivity contribution >= 4 is 27.5 Å². The summed E-state index contributed by atoms with van der Waals surface area (Å²) in [6, 6.07) is 8.85. The van der Waals surface area contributed by atoms with E-state index in [2.05, 4.69) is 30.9 Å². The van der Waals surface area contributed by atoms with Crippen LogP contribution in [0.2, 0.25) is 5.02 Å². The number of benzene rings is 2.